The third-order valence-electron chi connectivity index (χ3n) is 2.35. The minimum atomic E-state index is -2.37. The van der Waals surface area contributed by atoms with Gasteiger partial charge in [-0.3, -0.25) is 0 Å². The van der Waals surface area contributed by atoms with Crippen molar-refractivity contribution in [3.63, 3.8) is 0 Å². The van der Waals surface area contributed by atoms with Crippen molar-refractivity contribution >= 4 is 12.4 Å². The summed E-state index contributed by atoms with van der Waals surface area (Å²) in [6, 6.07) is 0. The Morgan fingerprint density at radius 3 is 2.09 bits per heavy atom. The summed E-state index contributed by atoms with van der Waals surface area (Å²) in [7, 11) is 0. The first kappa shape index (κ1) is 9.16. The number of hydrogen-bond acceptors (Lipinski definition) is 2. The molecule has 0 atom stereocenters. The Morgan fingerprint density at radius 2 is 1.91 bits per heavy atom. The van der Waals surface area contributed by atoms with Gasteiger partial charge in [0, 0.05) is 18.4 Å². The van der Waals surface area contributed by atoms with Crippen molar-refractivity contribution in [3.05, 3.63) is 0 Å². The van der Waals surface area contributed by atoms with E-state index in [1.807, 2.05) is 0 Å². The summed E-state index contributed by atoms with van der Waals surface area (Å²) < 4.78 is 29.2. The molecule has 3 fully saturated rings. The normalized spacial score (nSPS) is 46.9. The topological polar surface area (TPSA) is 35.2 Å². The van der Waals surface area contributed by atoms with Crippen LogP contribution in [0.1, 0.15) is 12.8 Å². The molecule has 0 aromatic rings. The van der Waals surface area contributed by atoms with Gasteiger partial charge in [-0.15, -0.1) is 12.4 Å². The summed E-state index contributed by atoms with van der Waals surface area (Å²) >= 11 is 0. The van der Waals surface area contributed by atoms with E-state index in [4.69, 9.17) is 10.5 Å². The van der Waals surface area contributed by atoms with Crippen molar-refractivity contribution in [3.8, 4) is 0 Å². The Kier molecular flexibility index (Phi) is 1.90. The van der Waals surface area contributed by atoms with Crippen molar-refractivity contribution < 1.29 is 13.5 Å². The molecule has 3 rings (SSSR count). The van der Waals surface area contributed by atoms with Crippen LogP contribution in [0.25, 0.3) is 0 Å². The average molecular weight is 186 g/mol. The number of rotatable bonds is 1. The lowest BCUT2D eigenvalue weighted by atomic mass is 9.69. The molecule has 5 heteroatoms. The van der Waals surface area contributed by atoms with Crippen LogP contribution in [0.4, 0.5) is 8.78 Å². The first-order valence-corrected chi connectivity index (χ1v) is 3.27. The molecule has 0 radical (unpaired) electrons. The largest absolute Gasteiger partial charge is 0.367 e. The highest BCUT2D eigenvalue weighted by atomic mass is 35.5. The van der Waals surface area contributed by atoms with Crippen LogP contribution in [0, 0.1) is 0 Å². The van der Waals surface area contributed by atoms with Crippen LogP contribution >= 0.6 is 12.4 Å². The third kappa shape index (κ3) is 1.04. The fourth-order valence-electron chi connectivity index (χ4n) is 1.85. The summed E-state index contributed by atoms with van der Waals surface area (Å²) in [5, 5.41) is 0. The Balaban J connectivity index is 0.000000605. The van der Waals surface area contributed by atoms with Crippen molar-refractivity contribution in [1.29, 1.82) is 0 Å². The summed E-state index contributed by atoms with van der Waals surface area (Å²) in [6.07, 6.45) is -1.71. The fraction of sp³-hybridized carbons (Fsp3) is 1.00. The number of hydrogen-bond donors (Lipinski definition) is 1. The maximum atomic E-state index is 12.2. The molecule has 2 heterocycles. The highest BCUT2D eigenvalue weighted by molar-refractivity contribution is 5.85. The Bertz CT molecular complexity index is 170. The highest BCUT2D eigenvalue weighted by Gasteiger charge is 2.65. The lowest BCUT2D eigenvalue weighted by Crippen LogP contribution is -2.58. The smallest absolute Gasteiger partial charge is 0.267 e. The molecular weight excluding hydrogens is 176 g/mol. The molecule has 2 nitrogen and oxygen atoms in total. The molecule has 2 N–H and O–H groups in total. The van der Waals surface area contributed by atoms with E-state index >= 15 is 0 Å². The molecule has 1 saturated carbocycles. The van der Waals surface area contributed by atoms with Gasteiger partial charge >= 0.3 is 0 Å². The van der Waals surface area contributed by atoms with Gasteiger partial charge < -0.3 is 10.5 Å². The molecule has 0 spiro atoms. The van der Waals surface area contributed by atoms with Gasteiger partial charge in [0.25, 0.3) is 6.43 Å². The van der Waals surface area contributed by atoms with Gasteiger partial charge in [0.15, 0.2) is 0 Å². The standard InChI is InChI=1S/C6H9F2NO.ClH/c7-4(8)6-1-5(9,2-6)3-10-6;/h4H,1-3,9H2;1H. The minimum Gasteiger partial charge on any atom is -0.367 e. The number of nitrogens with two attached hydrogens (primary N) is 1. The summed E-state index contributed by atoms with van der Waals surface area (Å²) in [4.78, 5) is 0. The van der Waals surface area contributed by atoms with E-state index in [1.54, 1.807) is 0 Å². The van der Waals surface area contributed by atoms with Gasteiger partial charge in [-0.2, -0.15) is 0 Å². The second-order valence-corrected chi connectivity index (χ2v) is 3.37. The zero-order chi connectivity index (χ0) is 7.41. The average Bonchev–Trinajstić information content (AvgIpc) is 2.19. The Labute approximate surface area is 69.5 Å². The van der Waals surface area contributed by atoms with Crippen LogP contribution in [-0.2, 0) is 4.74 Å². The lowest BCUT2D eigenvalue weighted by molar-refractivity contribution is -0.120. The van der Waals surface area contributed by atoms with Crippen molar-refractivity contribution in [2.45, 2.75) is 30.4 Å². The first-order valence-electron chi connectivity index (χ1n) is 3.27. The molecule has 0 aromatic carbocycles. The number of fused-ring (bicyclic) bond motifs is 1. The van der Waals surface area contributed by atoms with Gasteiger partial charge in [0.1, 0.15) is 5.60 Å². The van der Waals surface area contributed by atoms with Crippen LogP contribution in [-0.4, -0.2) is 24.2 Å². The third-order valence-corrected chi connectivity index (χ3v) is 2.35. The van der Waals surface area contributed by atoms with Gasteiger partial charge in [0.05, 0.1) is 6.61 Å². The number of ether oxygens (including phenoxy) is 1. The van der Waals surface area contributed by atoms with E-state index in [-0.39, 0.29) is 12.4 Å². The fourth-order valence-corrected chi connectivity index (χ4v) is 1.85. The van der Waals surface area contributed by atoms with E-state index in [0.717, 1.165) is 0 Å². The lowest BCUT2D eigenvalue weighted by Gasteiger charge is -2.41. The van der Waals surface area contributed by atoms with Crippen molar-refractivity contribution in [2.24, 2.45) is 5.73 Å². The van der Waals surface area contributed by atoms with Crippen LogP contribution in [0.2, 0.25) is 0 Å². The molecule has 3 aliphatic rings. The molecule has 2 aliphatic heterocycles. The number of alkyl halides is 2. The minimum absolute atomic E-state index is 0. The SMILES string of the molecule is Cl.NC12COC(C(F)F)(C1)C2. The predicted octanol–water partition coefficient (Wildman–Crippen LogP) is 0.934. The highest BCUT2D eigenvalue weighted by Crippen LogP contribution is 2.52. The maximum Gasteiger partial charge on any atom is 0.267 e. The second-order valence-electron chi connectivity index (χ2n) is 3.37. The van der Waals surface area contributed by atoms with Gasteiger partial charge in [-0.25, -0.2) is 8.78 Å². The molecule has 2 bridgehead atoms. The quantitative estimate of drug-likeness (QED) is 0.660. The van der Waals surface area contributed by atoms with E-state index in [1.165, 1.54) is 0 Å². The zero-order valence-corrected chi connectivity index (χ0v) is 6.66. The summed E-state index contributed by atoms with van der Waals surface area (Å²) in [5.74, 6) is 0. The Hall–Kier alpha value is 0.0700. The van der Waals surface area contributed by atoms with Crippen molar-refractivity contribution in [2.75, 3.05) is 6.61 Å². The summed E-state index contributed by atoms with van der Waals surface area (Å²) in [5.41, 5.74) is 4.03. The molecule has 0 unspecified atom stereocenters. The van der Waals surface area contributed by atoms with E-state index in [0.29, 0.717) is 19.4 Å². The number of halogens is 3. The Morgan fingerprint density at radius 1 is 1.36 bits per heavy atom. The maximum absolute atomic E-state index is 12.2. The predicted molar refractivity (Wildman–Crippen MR) is 38.1 cm³/mol. The van der Waals surface area contributed by atoms with Gasteiger partial charge in [-0.1, -0.05) is 0 Å². The molecule has 0 aromatic heterocycles. The monoisotopic (exact) mass is 185 g/mol. The van der Waals surface area contributed by atoms with Gasteiger partial charge in [-0.05, 0) is 0 Å². The van der Waals surface area contributed by atoms with Crippen LogP contribution in [0.3, 0.4) is 0 Å². The van der Waals surface area contributed by atoms with E-state index < -0.39 is 17.6 Å². The molecule has 0 amide bonds. The zero-order valence-electron chi connectivity index (χ0n) is 5.85. The summed E-state index contributed by atoms with van der Waals surface area (Å²) in [6.45, 7) is 0.303. The first-order chi connectivity index (χ1) is 4.56. The molecule has 66 valence electrons. The molecule has 2 saturated heterocycles. The van der Waals surface area contributed by atoms with Crippen LogP contribution in [0.5, 0.6) is 0 Å². The molecule has 11 heavy (non-hydrogen) atoms. The molecular formula is C6H10ClF2NO. The second kappa shape index (κ2) is 2.28. The van der Waals surface area contributed by atoms with E-state index in [9.17, 15) is 8.78 Å². The van der Waals surface area contributed by atoms with Crippen LogP contribution in [0.15, 0.2) is 0 Å². The van der Waals surface area contributed by atoms with Crippen LogP contribution < -0.4 is 5.73 Å². The van der Waals surface area contributed by atoms with Crippen molar-refractivity contribution in [1.82, 2.24) is 0 Å². The molecule has 1 aliphatic carbocycles. The van der Waals surface area contributed by atoms with Gasteiger partial charge in [0.2, 0.25) is 0 Å². The van der Waals surface area contributed by atoms with E-state index in [2.05, 4.69) is 0 Å².